The van der Waals surface area contributed by atoms with E-state index in [1.54, 1.807) is 6.92 Å². The number of pyridine rings is 1. The van der Waals surface area contributed by atoms with Gasteiger partial charge < -0.3 is 23.6 Å². The number of aryl methyl sites for hydroxylation is 1. The van der Waals surface area contributed by atoms with E-state index in [1.165, 1.54) is 6.20 Å². The van der Waals surface area contributed by atoms with Crippen LogP contribution in [0.5, 0.6) is 11.5 Å². The minimum atomic E-state index is -4.08. The van der Waals surface area contributed by atoms with Crippen molar-refractivity contribution < 1.29 is 28.2 Å². The average molecular weight is 469 g/mol. The summed E-state index contributed by atoms with van der Waals surface area (Å²) in [6, 6.07) is 18.6. The van der Waals surface area contributed by atoms with Crippen LogP contribution in [-0.2, 0) is 26.8 Å². The summed E-state index contributed by atoms with van der Waals surface area (Å²) in [4.78, 5) is 4.33. The Labute approximate surface area is 193 Å². The van der Waals surface area contributed by atoms with Gasteiger partial charge in [-0.1, -0.05) is 60.7 Å². The lowest BCUT2D eigenvalue weighted by molar-refractivity contribution is 0.0176. The smallest absolute Gasteiger partial charge is 0.364 e. The molecule has 3 aromatic rings. The fourth-order valence-corrected chi connectivity index (χ4v) is 4.95. The van der Waals surface area contributed by atoms with E-state index in [4.69, 9.17) is 18.5 Å². The number of benzene rings is 2. The molecular formula is C25H28NO6P. The van der Waals surface area contributed by atoms with Crippen LogP contribution in [0.25, 0.3) is 0 Å². The van der Waals surface area contributed by atoms with Gasteiger partial charge in [-0.2, -0.15) is 0 Å². The van der Waals surface area contributed by atoms with Crippen molar-refractivity contribution in [3.63, 3.8) is 0 Å². The number of nitrogens with zero attached hydrogens (tertiary/aromatic N) is 1. The molecule has 4 rings (SSSR count). The summed E-state index contributed by atoms with van der Waals surface area (Å²) in [5, 5.41) is 11.3. The van der Waals surface area contributed by atoms with Crippen molar-refractivity contribution in [2.75, 3.05) is 6.61 Å². The van der Waals surface area contributed by atoms with Crippen molar-refractivity contribution in [3.05, 3.63) is 89.2 Å². The molecule has 2 heterocycles. The summed E-state index contributed by atoms with van der Waals surface area (Å²) < 4.78 is 37.5. The Kier molecular flexibility index (Phi) is 6.86. The number of ether oxygens (including phenoxy) is 2. The highest BCUT2D eigenvalue weighted by Gasteiger charge is 2.41. The SMILES string of the molecule is Cc1ncc(C(O)P(=O)(OCc2ccccc2)OCc2ccccc2)c2c1OC(C)(C)CO2. The summed E-state index contributed by atoms with van der Waals surface area (Å²) in [5.41, 5.74) is 1.87. The zero-order valence-electron chi connectivity index (χ0n) is 18.9. The molecule has 0 saturated heterocycles. The topological polar surface area (TPSA) is 87.1 Å². The Morgan fingerprint density at radius 3 is 2.09 bits per heavy atom. The van der Waals surface area contributed by atoms with Crippen LogP contribution in [0.3, 0.4) is 0 Å². The number of hydrogen-bond acceptors (Lipinski definition) is 7. The van der Waals surface area contributed by atoms with Crippen LogP contribution in [0.4, 0.5) is 0 Å². The Balaban J connectivity index is 1.65. The van der Waals surface area contributed by atoms with E-state index < -0.39 is 19.0 Å². The third-order valence-corrected chi connectivity index (χ3v) is 7.08. The molecule has 33 heavy (non-hydrogen) atoms. The van der Waals surface area contributed by atoms with E-state index in [0.29, 0.717) is 17.2 Å². The molecule has 174 valence electrons. The fourth-order valence-electron chi connectivity index (χ4n) is 3.41. The lowest BCUT2D eigenvalue weighted by Gasteiger charge is -2.35. The minimum Gasteiger partial charge on any atom is -0.485 e. The maximum absolute atomic E-state index is 13.9. The number of hydrogen-bond donors (Lipinski definition) is 1. The number of fused-ring (bicyclic) bond motifs is 1. The van der Waals surface area contributed by atoms with Gasteiger partial charge in [-0.25, -0.2) is 0 Å². The molecule has 0 saturated carbocycles. The molecular weight excluding hydrogens is 441 g/mol. The molecule has 1 atom stereocenters. The van der Waals surface area contributed by atoms with E-state index in [2.05, 4.69) is 4.98 Å². The first kappa shape index (κ1) is 23.5. The van der Waals surface area contributed by atoms with Crippen molar-refractivity contribution in [1.29, 1.82) is 0 Å². The number of aliphatic hydroxyl groups is 1. The van der Waals surface area contributed by atoms with Crippen LogP contribution in [0.15, 0.2) is 66.9 Å². The average Bonchev–Trinajstić information content (AvgIpc) is 2.82. The van der Waals surface area contributed by atoms with Crippen LogP contribution in [-0.4, -0.2) is 22.3 Å². The van der Waals surface area contributed by atoms with Gasteiger partial charge in [0, 0.05) is 6.20 Å². The maximum Gasteiger partial charge on any atom is 0.364 e. The molecule has 1 aromatic heterocycles. The van der Waals surface area contributed by atoms with Crippen LogP contribution in [0, 0.1) is 6.92 Å². The maximum atomic E-state index is 13.9. The van der Waals surface area contributed by atoms with E-state index in [1.807, 2.05) is 74.5 Å². The lowest BCUT2D eigenvalue weighted by Crippen LogP contribution is -2.39. The molecule has 0 amide bonds. The third-order valence-electron chi connectivity index (χ3n) is 5.22. The zero-order chi connectivity index (χ0) is 23.5. The quantitative estimate of drug-likeness (QED) is 0.432. The van der Waals surface area contributed by atoms with Gasteiger partial charge in [0.05, 0.1) is 24.5 Å². The highest BCUT2D eigenvalue weighted by Crippen LogP contribution is 2.62. The second-order valence-electron chi connectivity index (χ2n) is 8.54. The van der Waals surface area contributed by atoms with Crippen LogP contribution in [0.2, 0.25) is 0 Å². The summed E-state index contributed by atoms with van der Waals surface area (Å²) in [6.07, 6.45) is 1.44. The summed E-state index contributed by atoms with van der Waals surface area (Å²) >= 11 is 0. The Morgan fingerprint density at radius 1 is 1.00 bits per heavy atom. The van der Waals surface area contributed by atoms with Gasteiger partial charge in [0.2, 0.25) is 0 Å². The zero-order valence-corrected chi connectivity index (χ0v) is 19.8. The standard InChI is InChI=1S/C25H28NO6P/c1-18-22-23(29-17-25(2,3)32-22)21(14-26-18)24(27)33(28,30-15-19-10-6-4-7-11-19)31-16-20-12-8-5-9-13-20/h4-14,24,27H,15-17H2,1-3H3. The van der Waals surface area contributed by atoms with Crippen molar-refractivity contribution in [2.45, 2.75) is 45.4 Å². The molecule has 1 N–H and O–H groups in total. The van der Waals surface area contributed by atoms with E-state index in [-0.39, 0.29) is 25.4 Å². The van der Waals surface area contributed by atoms with Gasteiger partial charge in [0.25, 0.3) is 0 Å². The summed E-state index contributed by atoms with van der Waals surface area (Å²) in [5.74, 6) is -0.891. The van der Waals surface area contributed by atoms with Crippen LogP contribution < -0.4 is 9.47 Å². The monoisotopic (exact) mass is 469 g/mol. The third kappa shape index (κ3) is 5.45. The van der Waals surface area contributed by atoms with Gasteiger partial charge >= 0.3 is 7.60 Å². The van der Waals surface area contributed by atoms with Gasteiger partial charge in [0.15, 0.2) is 17.3 Å². The van der Waals surface area contributed by atoms with Crippen molar-refractivity contribution in [3.8, 4) is 11.5 Å². The lowest BCUT2D eigenvalue weighted by atomic mass is 10.1. The summed E-state index contributed by atoms with van der Waals surface area (Å²) in [7, 11) is -4.08. The molecule has 1 aliphatic heterocycles. The van der Waals surface area contributed by atoms with Gasteiger partial charge in [-0.05, 0) is 31.9 Å². The second kappa shape index (κ2) is 9.65. The normalized spacial score (nSPS) is 15.8. The van der Waals surface area contributed by atoms with Crippen molar-refractivity contribution in [2.24, 2.45) is 0 Å². The molecule has 0 fully saturated rings. The van der Waals surface area contributed by atoms with Crippen LogP contribution >= 0.6 is 7.60 Å². The largest absolute Gasteiger partial charge is 0.485 e. The number of aliphatic hydroxyl groups excluding tert-OH is 1. The van der Waals surface area contributed by atoms with E-state index in [0.717, 1.165) is 11.1 Å². The van der Waals surface area contributed by atoms with Gasteiger partial charge in [-0.3, -0.25) is 9.55 Å². The fraction of sp³-hybridized carbons (Fsp3) is 0.320. The molecule has 1 unspecified atom stereocenters. The molecule has 2 aromatic carbocycles. The molecule has 0 radical (unpaired) electrons. The molecule has 1 aliphatic rings. The first-order chi connectivity index (χ1) is 15.8. The molecule has 7 nitrogen and oxygen atoms in total. The first-order valence-electron chi connectivity index (χ1n) is 10.7. The Morgan fingerprint density at radius 2 is 1.55 bits per heavy atom. The number of aromatic nitrogens is 1. The Bertz CT molecular complexity index is 1090. The van der Waals surface area contributed by atoms with Crippen molar-refractivity contribution in [1.82, 2.24) is 4.98 Å². The second-order valence-corrected chi connectivity index (χ2v) is 10.6. The predicted octanol–water partition coefficient (Wildman–Crippen LogP) is 5.56. The highest BCUT2D eigenvalue weighted by molar-refractivity contribution is 7.54. The van der Waals surface area contributed by atoms with Gasteiger partial charge in [-0.15, -0.1) is 0 Å². The number of rotatable bonds is 8. The molecule has 8 heteroatoms. The van der Waals surface area contributed by atoms with Crippen LogP contribution in [0.1, 0.15) is 42.1 Å². The van der Waals surface area contributed by atoms with E-state index in [9.17, 15) is 9.67 Å². The minimum absolute atomic E-state index is 0.00976. The first-order valence-corrected chi connectivity index (χ1v) is 12.3. The predicted molar refractivity (Wildman–Crippen MR) is 124 cm³/mol. The van der Waals surface area contributed by atoms with Gasteiger partial charge in [0.1, 0.15) is 12.2 Å². The molecule has 0 bridgehead atoms. The molecule has 0 aliphatic carbocycles. The highest BCUT2D eigenvalue weighted by atomic mass is 31.2. The summed E-state index contributed by atoms with van der Waals surface area (Å²) in [6.45, 7) is 5.87. The molecule has 0 spiro atoms. The van der Waals surface area contributed by atoms with E-state index >= 15 is 0 Å². The Hall–Kier alpha value is -2.70. The van der Waals surface area contributed by atoms with Crippen molar-refractivity contribution >= 4 is 7.60 Å².